The predicted molar refractivity (Wildman–Crippen MR) is 71.4 cm³/mol. The largest absolute Gasteiger partial charge is 0.127 e. The molecular weight excluding hydrogens is 247 g/mol. The quantitative estimate of drug-likeness (QED) is 0.368. The molecule has 0 atom stereocenters. The maximum Gasteiger partial charge on any atom is 0.0406 e. The Hall–Kier alpha value is 0.150. The van der Waals surface area contributed by atoms with Crippen molar-refractivity contribution in [1.82, 2.24) is 0 Å². The van der Waals surface area contributed by atoms with E-state index in [4.69, 9.17) is 23.2 Å². The molecule has 1 aromatic rings. The second kappa shape index (κ2) is 8.32. The first kappa shape index (κ1) is 13.2. The lowest BCUT2D eigenvalue weighted by Gasteiger charge is -2.01. The van der Waals surface area contributed by atoms with Crippen LogP contribution in [0.5, 0.6) is 0 Å². The highest BCUT2D eigenvalue weighted by atomic mass is 35.5. The molecular formula is C12H16Cl2S. The summed E-state index contributed by atoms with van der Waals surface area (Å²) in [5.74, 6) is 1.98. The topological polar surface area (TPSA) is 0 Å². The summed E-state index contributed by atoms with van der Waals surface area (Å²) in [7, 11) is 0. The van der Waals surface area contributed by atoms with Crippen LogP contribution < -0.4 is 0 Å². The van der Waals surface area contributed by atoms with Crippen molar-refractivity contribution in [3.63, 3.8) is 0 Å². The van der Waals surface area contributed by atoms with Gasteiger partial charge in [-0.25, -0.2) is 0 Å². The van der Waals surface area contributed by atoms with Crippen LogP contribution in [0.4, 0.5) is 0 Å². The van der Waals surface area contributed by atoms with Gasteiger partial charge in [-0.1, -0.05) is 24.4 Å². The smallest absolute Gasteiger partial charge is 0.0406 e. The molecule has 0 N–H and O–H groups in total. The minimum atomic E-state index is 0.796. The van der Waals surface area contributed by atoms with Crippen molar-refractivity contribution < 1.29 is 0 Å². The van der Waals surface area contributed by atoms with Gasteiger partial charge in [0.1, 0.15) is 0 Å². The molecule has 0 bridgehead atoms. The van der Waals surface area contributed by atoms with Crippen molar-refractivity contribution in [2.45, 2.75) is 30.6 Å². The lowest BCUT2D eigenvalue weighted by Crippen LogP contribution is -1.82. The van der Waals surface area contributed by atoms with Gasteiger partial charge in [0.15, 0.2) is 0 Å². The maximum absolute atomic E-state index is 5.81. The molecule has 0 unspecified atom stereocenters. The van der Waals surface area contributed by atoms with Gasteiger partial charge in [-0.2, -0.15) is 0 Å². The van der Waals surface area contributed by atoms with Crippen LogP contribution >= 0.6 is 35.0 Å². The molecule has 0 aliphatic rings. The van der Waals surface area contributed by atoms with Crippen molar-refractivity contribution in [1.29, 1.82) is 0 Å². The highest BCUT2D eigenvalue weighted by molar-refractivity contribution is 7.99. The van der Waals surface area contributed by atoms with Crippen molar-refractivity contribution >= 4 is 35.0 Å². The molecule has 0 aliphatic heterocycles. The molecule has 15 heavy (non-hydrogen) atoms. The van der Waals surface area contributed by atoms with Crippen LogP contribution in [0, 0.1) is 0 Å². The zero-order valence-electron chi connectivity index (χ0n) is 8.72. The van der Waals surface area contributed by atoms with Gasteiger partial charge in [0.25, 0.3) is 0 Å². The maximum atomic E-state index is 5.81. The number of thioether (sulfide) groups is 1. The van der Waals surface area contributed by atoms with E-state index in [1.165, 1.54) is 29.9 Å². The molecule has 1 rings (SSSR count). The van der Waals surface area contributed by atoms with E-state index in [2.05, 4.69) is 12.1 Å². The van der Waals surface area contributed by atoms with E-state index in [1.54, 1.807) is 0 Å². The Morgan fingerprint density at radius 1 is 0.933 bits per heavy atom. The number of halogens is 2. The number of benzene rings is 1. The second-order valence-corrected chi connectivity index (χ2v) is 5.39. The Kier molecular flexibility index (Phi) is 7.33. The van der Waals surface area contributed by atoms with Crippen molar-refractivity contribution in [3.8, 4) is 0 Å². The molecule has 3 heteroatoms. The Morgan fingerprint density at radius 2 is 1.60 bits per heavy atom. The van der Waals surface area contributed by atoms with Gasteiger partial charge < -0.3 is 0 Å². The predicted octanol–water partition coefficient (Wildman–Crippen LogP) is 5.23. The van der Waals surface area contributed by atoms with E-state index in [-0.39, 0.29) is 0 Å². The van der Waals surface area contributed by atoms with Crippen LogP contribution in [0.15, 0.2) is 29.2 Å². The molecule has 1 aromatic carbocycles. The molecule has 0 heterocycles. The fourth-order valence-electron chi connectivity index (χ4n) is 1.27. The van der Waals surface area contributed by atoms with Gasteiger partial charge in [0.2, 0.25) is 0 Å². The summed E-state index contributed by atoms with van der Waals surface area (Å²) in [6.45, 7) is 0. The van der Waals surface area contributed by atoms with Crippen molar-refractivity contribution in [3.05, 3.63) is 29.3 Å². The molecule has 0 fully saturated rings. The summed E-state index contributed by atoms with van der Waals surface area (Å²) in [4.78, 5) is 1.30. The monoisotopic (exact) mass is 262 g/mol. The summed E-state index contributed by atoms with van der Waals surface area (Å²) in [5.41, 5.74) is 0. The molecule has 0 aromatic heterocycles. The Balaban J connectivity index is 2.07. The highest BCUT2D eigenvalue weighted by Crippen LogP contribution is 2.21. The fraction of sp³-hybridized carbons (Fsp3) is 0.500. The van der Waals surface area contributed by atoms with E-state index < -0.39 is 0 Å². The van der Waals surface area contributed by atoms with Gasteiger partial charge >= 0.3 is 0 Å². The van der Waals surface area contributed by atoms with Gasteiger partial charge in [0.05, 0.1) is 0 Å². The van der Waals surface area contributed by atoms with E-state index in [9.17, 15) is 0 Å². The van der Waals surface area contributed by atoms with Crippen LogP contribution in [-0.4, -0.2) is 11.6 Å². The first-order valence-corrected chi connectivity index (χ1v) is 7.17. The SMILES string of the molecule is ClCCCCCCSc1ccc(Cl)cc1. The van der Waals surface area contributed by atoms with E-state index >= 15 is 0 Å². The lowest BCUT2D eigenvalue weighted by molar-refractivity contribution is 0.709. The number of alkyl halides is 1. The van der Waals surface area contributed by atoms with Gasteiger partial charge in [-0.15, -0.1) is 23.4 Å². The third-order valence-electron chi connectivity index (χ3n) is 2.11. The van der Waals surface area contributed by atoms with Crippen LogP contribution in [-0.2, 0) is 0 Å². The van der Waals surface area contributed by atoms with Gasteiger partial charge in [-0.3, -0.25) is 0 Å². The highest BCUT2D eigenvalue weighted by Gasteiger charge is 1.94. The summed E-state index contributed by atoms with van der Waals surface area (Å²) >= 11 is 13.3. The molecule has 0 spiro atoms. The number of unbranched alkanes of at least 4 members (excludes halogenated alkanes) is 3. The lowest BCUT2D eigenvalue weighted by atomic mass is 10.2. The Morgan fingerprint density at radius 3 is 2.27 bits per heavy atom. The van der Waals surface area contributed by atoms with Gasteiger partial charge in [0, 0.05) is 15.8 Å². The summed E-state index contributed by atoms with van der Waals surface area (Å²) in [6.07, 6.45) is 4.95. The van der Waals surface area contributed by atoms with E-state index in [1.807, 2.05) is 23.9 Å². The van der Waals surface area contributed by atoms with E-state index in [0.717, 1.165) is 17.3 Å². The van der Waals surface area contributed by atoms with Crippen LogP contribution in [0.2, 0.25) is 5.02 Å². The fourth-order valence-corrected chi connectivity index (χ4v) is 2.50. The molecule has 84 valence electrons. The molecule has 0 aliphatic carbocycles. The first-order valence-electron chi connectivity index (χ1n) is 5.27. The average Bonchev–Trinajstić information content (AvgIpc) is 2.26. The molecule has 0 radical (unpaired) electrons. The third kappa shape index (κ3) is 6.34. The third-order valence-corrected chi connectivity index (χ3v) is 3.73. The van der Waals surface area contributed by atoms with Crippen LogP contribution in [0.1, 0.15) is 25.7 Å². The molecule has 0 saturated carbocycles. The minimum absolute atomic E-state index is 0.796. The van der Waals surface area contributed by atoms with Crippen LogP contribution in [0.25, 0.3) is 0 Å². The summed E-state index contributed by atoms with van der Waals surface area (Å²) in [5, 5.41) is 0.807. The van der Waals surface area contributed by atoms with Crippen LogP contribution in [0.3, 0.4) is 0 Å². The summed E-state index contributed by atoms with van der Waals surface area (Å²) < 4.78 is 0. The zero-order chi connectivity index (χ0) is 10.9. The number of hydrogen-bond donors (Lipinski definition) is 0. The molecule has 0 saturated heterocycles. The normalized spacial score (nSPS) is 10.5. The van der Waals surface area contributed by atoms with Gasteiger partial charge in [-0.05, 0) is 42.9 Å². The minimum Gasteiger partial charge on any atom is -0.127 e. The average molecular weight is 263 g/mol. The zero-order valence-corrected chi connectivity index (χ0v) is 11.0. The number of hydrogen-bond acceptors (Lipinski definition) is 1. The molecule has 0 nitrogen and oxygen atoms in total. The first-order chi connectivity index (χ1) is 7.33. The van der Waals surface area contributed by atoms with E-state index in [0.29, 0.717) is 0 Å². The summed E-state index contributed by atoms with van der Waals surface area (Å²) in [6, 6.07) is 8.03. The molecule has 0 amide bonds. The van der Waals surface area contributed by atoms with Crippen molar-refractivity contribution in [2.24, 2.45) is 0 Å². The Labute approximate surface area is 106 Å². The number of rotatable bonds is 7. The Bertz CT molecular complexity index is 259. The van der Waals surface area contributed by atoms with Crippen molar-refractivity contribution in [2.75, 3.05) is 11.6 Å². The second-order valence-electron chi connectivity index (χ2n) is 3.41. The standard InChI is InChI=1S/C12H16Cl2S/c13-9-3-1-2-4-10-15-12-7-5-11(14)6-8-12/h5-8H,1-4,9-10H2.